The number of likely N-dealkylation sites (tertiary alicyclic amines) is 1. The highest BCUT2D eigenvalue weighted by molar-refractivity contribution is 7.99. The lowest BCUT2D eigenvalue weighted by Gasteiger charge is -2.23. The lowest BCUT2D eigenvalue weighted by molar-refractivity contribution is -0.138. The molecule has 2 aliphatic heterocycles. The maximum Gasteiger partial charge on any atom is 0.246 e. The molecule has 2 rings (SSSR count). The summed E-state index contributed by atoms with van der Waals surface area (Å²) in [5.74, 6) is 3.09. The first-order valence-corrected chi connectivity index (χ1v) is 8.03. The van der Waals surface area contributed by atoms with Crippen molar-refractivity contribution >= 4 is 23.6 Å². The summed E-state index contributed by atoms with van der Waals surface area (Å²) >= 11 is 2.01. The van der Waals surface area contributed by atoms with Gasteiger partial charge in [0, 0.05) is 6.54 Å². The lowest BCUT2D eigenvalue weighted by Crippen LogP contribution is -2.41. The van der Waals surface area contributed by atoms with E-state index in [0.29, 0.717) is 18.9 Å². The minimum absolute atomic E-state index is 0.0152. The summed E-state index contributed by atoms with van der Waals surface area (Å²) in [6.07, 6.45) is 3.64. The number of hydrogen-bond donors (Lipinski definition) is 1. The smallest absolute Gasteiger partial charge is 0.246 e. The molecule has 0 radical (unpaired) electrons. The molecule has 0 aliphatic carbocycles. The minimum Gasteiger partial charge on any atom is -0.305 e. The zero-order chi connectivity index (χ0) is 13.0. The molecule has 2 fully saturated rings. The van der Waals surface area contributed by atoms with E-state index in [-0.39, 0.29) is 17.9 Å². The van der Waals surface area contributed by atoms with Crippen molar-refractivity contribution in [3.05, 3.63) is 0 Å². The minimum atomic E-state index is -0.265. The standard InChI is InChI=1S/C13H22N2O2S/c1-2-5-15-12(16)8-11(13(15)17)14-9-10-3-6-18-7-4-10/h10-11,14H,2-9H2,1H3. The second-order valence-electron chi connectivity index (χ2n) is 5.10. The Labute approximate surface area is 113 Å². The summed E-state index contributed by atoms with van der Waals surface area (Å²) in [5.41, 5.74) is 0. The van der Waals surface area contributed by atoms with Gasteiger partial charge in [-0.1, -0.05) is 6.92 Å². The van der Waals surface area contributed by atoms with Crippen LogP contribution >= 0.6 is 11.8 Å². The number of rotatable bonds is 5. The van der Waals surface area contributed by atoms with Gasteiger partial charge in [-0.15, -0.1) is 0 Å². The fraction of sp³-hybridized carbons (Fsp3) is 0.846. The van der Waals surface area contributed by atoms with Crippen LogP contribution in [0.25, 0.3) is 0 Å². The largest absolute Gasteiger partial charge is 0.305 e. The van der Waals surface area contributed by atoms with E-state index < -0.39 is 0 Å². The summed E-state index contributed by atoms with van der Waals surface area (Å²) in [7, 11) is 0. The van der Waals surface area contributed by atoms with E-state index in [4.69, 9.17) is 0 Å². The van der Waals surface area contributed by atoms with Crippen molar-refractivity contribution in [2.24, 2.45) is 5.92 Å². The number of carbonyl (C=O) groups is 2. The Morgan fingerprint density at radius 1 is 1.33 bits per heavy atom. The van der Waals surface area contributed by atoms with Gasteiger partial charge in [0.2, 0.25) is 11.8 Å². The molecule has 2 amide bonds. The van der Waals surface area contributed by atoms with Crippen LogP contribution < -0.4 is 5.32 Å². The molecular weight excluding hydrogens is 248 g/mol. The third kappa shape index (κ3) is 3.26. The third-order valence-electron chi connectivity index (χ3n) is 3.68. The normalized spacial score (nSPS) is 26.1. The highest BCUT2D eigenvalue weighted by Crippen LogP contribution is 2.22. The fourth-order valence-corrected chi connectivity index (χ4v) is 3.76. The van der Waals surface area contributed by atoms with Crippen LogP contribution in [0.3, 0.4) is 0 Å². The number of amides is 2. The van der Waals surface area contributed by atoms with Crippen molar-refractivity contribution in [3.63, 3.8) is 0 Å². The zero-order valence-electron chi connectivity index (χ0n) is 11.0. The maximum atomic E-state index is 12.0. The summed E-state index contributed by atoms with van der Waals surface area (Å²) in [6.45, 7) is 3.43. The SMILES string of the molecule is CCCN1C(=O)CC(NCC2CCSCC2)C1=O. The lowest BCUT2D eigenvalue weighted by atomic mass is 10.0. The molecule has 0 spiro atoms. The summed E-state index contributed by atoms with van der Waals surface area (Å²) < 4.78 is 0. The van der Waals surface area contributed by atoms with Crippen molar-refractivity contribution in [2.45, 2.75) is 38.6 Å². The van der Waals surface area contributed by atoms with E-state index in [0.717, 1.165) is 13.0 Å². The highest BCUT2D eigenvalue weighted by Gasteiger charge is 2.37. The molecule has 4 nitrogen and oxygen atoms in total. The van der Waals surface area contributed by atoms with Crippen LogP contribution in [0, 0.1) is 5.92 Å². The number of carbonyl (C=O) groups excluding carboxylic acids is 2. The van der Waals surface area contributed by atoms with E-state index in [9.17, 15) is 9.59 Å². The van der Waals surface area contributed by atoms with Gasteiger partial charge in [-0.25, -0.2) is 0 Å². The molecular formula is C13H22N2O2S. The topological polar surface area (TPSA) is 49.4 Å². The van der Waals surface area contributed by atoms with Gasteiger partial charge in [-0.05, 0) is 43.2 Å². The number of nitrogens with one attached hydrogen (secondary N) is 1. The molecule has 2 aliphatic rings. The van der Waals surface area contributed by atoms with Crippen molar-refractivity contribution in [1.29, 1.82) is 0 Å². The van der Waals surface area contributed by atoms with E-state index in [1.807, 2.05) is 18.7 Å². The second-order valence-corrected chi connectivity index (χ2v) is 6.33. The molecule has 0 aromatic carbocycles. The van der Waals surface area contributed by atoms with Crippen LogP contribution in [-0.2, 0) is 9.59 Å². The molecule has 5 heteroatoms. The quantitative estimate of drug-likeness (QED) is 0.764. The van der Waals surface area contributed by atoms with Crippen LogP contribution in [-0.4, -0.2) is 47.4 Å². The number of hydrogen-bond acceptors (Lipinski definition) is 4. The first kappa shape index (κ1) is 13.9. The Hall–Kier alpha value is -0.550. The van der Waals surface area contributed by atoms with Gasteiger partial charge >= 0.3 is 0 Å². The van der Waals surface area contributed by atoms with Gasteiger partial charge in [0.05, 0.1) is 12.5 Å². The molecule has 2 heterocycles. The molecule has 102 valence electrons. The molecule has 1 N–H and O–H groups in total. The monoisotopic (exact) mass is 270 g/mol. The van der Waals surface area contributed by atoms with Crippen molar-refractivity contribution < 1.29 is 9.59 Å². The van der Waals surface area contributed by atoms with Gasteiger partial charge in [-0.3, -0.25) is 14.5 Å². The predicted molar refractivity (Wildman–Crippen MR) is 73.5 cm³/mol. The first-order chi connectivity index (χ1) is 8.72. The highest BCUT2D eigenvalue weighted by atomic mass is 32.2. The Bertz CT molecular complexity index is 316. The number of imide groups is 1. The van der Waals surface area contributed by atoms with Crippen LogP contribution in [0.1, 0.15) is 32.6 Å². The molecule has 0 aromatic heterocycles. The zero-order valence-corrected chi connectivity index (χ0v) is 11.8. The third-order valence-corrected chi connectivity index (χ3v) is 4.73. The molecule has 1 atom stereocenters. The Kier molecular flexibility index (Phi) is 5.06. The molecule has 1 unspecified atom stereocenters. The molecule has 18 heavy (non-hydrogen) atoms. The van der Waals surface area contributed by atoms with Gasteiger partial charge in [-0.2, -0.15) is 11.8 Å². The molecule has 0 saturated carbocycles. The van der Waals surface area contributed by atoms with Crippen molar-refractivity contribution in [3.8, 4) is 0 Å². The van der Waals surface area contributed by atoms with E-state index in [2.05, 4.69) is 5.32 Å². The maximum absolute atomic E-state index is 12.0. The van der Waals surface area contributed by atoms with Gasteiger partial charge in [0.15, 0.2) is 0 Å². The van der Waals surface area contributed by atoms with Gasteiger partial charge in [0.25, 0.3) is 0 Å². The molecule has 0 aromatic rings. The molecule has 0 bridgehead atoms. The fourth-order valence-electron chi connectivity index (χ4n) is 2.56. The molecule has 2 saturated heterocycles. The summed E-state index contributed by atoms with van der Waals surface area (Å²) in [5, 5.41) is 3.30. The Balaban J connectivity index is 1.79. The Morgan fingerprint density at radius 2 is 2.06 bits per heavy atom. The average molecular weight is 270 g/mol. The number of thioether (sulfide) groups is 1. The van der Waals surface area contributed by atoms with Crippen LogP contribution in [0.15, 0.2) is 0 Å². The van der Waals surface area contributed by atoms with E-state index in [1.165, 1.54) is 29.2 Å². The van der Waals surface area contributed by atoms with Crippen LogP contribution in [0.2, 0.25) is 0 Å². The first-order valence-electron chi connectivity index (χ1n) is 6.87. The van der Waals surface area contributed by atoms with E-state index >= 15 is 0 Å². The average Bonchev–Trinajstić information content (AvgIpc) is 2.66. The van der Waals surface area contributed by atoms with Gasteiger partial charge < -0.3 is 5.32 Å². The van der Waals surface area contributed by atoms with Crippen molar-refractivity contribution in [2.75, 3.05) is 24.6 Å². The second kappa shape index (κ2) is 6.57. The predicted octanol–water partition coefficient (Wildman–Crippen LogP) is 1.26. The Morgan fingerprint density at radius 3 is 2.72 bits per heavy atom. The number of nitrogens with zero attached hydrogens (tertiary/aromatic N) is 1. The summed E-state index contributed by atoms with van der Waals surface area (Å²) in [6, 6.07) is -0.265. The van der Waals surface area contributed by atoms with E-state index in [1.54, 1.807) is 0 Å². The summed E-state index contributed by atoms with van der Waals surface area (Å²) in [4.78, 5) is 25.1. The van der Waals surface area contributed by atoms with Crippen molar-refractivity contribution in [1.82, 2.24) is 10.2 Å². The van der Waals surface area contributed by atoms with Crippen LogP contribution in [0.5, 0.6) is 0 Å². The van der Waals surface area contributed by atoms with Gasteiger partial charge in [0.1, 0.15) is 0 Å². The van der Waals surface area contributed by atoms with Crippen LogP contribution in [0.4, 0.5) is 0 Å².